The third-order valence-corrected chi connectivity index (χ3v) is 4.83. The molecule has 0 aliphatic heterocycles. The van der Waals surface area contributed by atoms with E-state index < -0.39 is 5.97 Å². The number of rotatable bonds is 3. The fraction of sp³-hybridized carbons (Fsp3) is 0.438. The first-order valence-corrected chi connectivity index (χ1v) is 9.06. The Morgan fingerprint density at radius 1 is 1.48 bits per heavy atom. The molecule has 0 aromatic carbocycles. The molecular formula is C16H17N3O2S2. The van der Waals surface area contributed by atoms with Gasteiger partial charge in [-0.15, -0.1) is 0 Å². The molecule has 0 atom stereocenters. The van der Waals surface area contributed by atoms with E-state index >= 15 is 0 Å². The molecule has 0 bridgehead atoms. The summed E-state index contributed by atoms with van der Waals surface area (Å²) in [6.07, 6.45) is 8.03. The molecule has 1 saturated carbocycles. The Bertz CT molecular complexity index is 814. The number of hydrogen-bond donors (Lipinski definition) is 1. The highest BCUT2D eigenvalue weighted by molar-refractivity contribution is 7.98. The summed E-state index contributed by atoms with van der Waals surface area (Å²) in [6.45, 7) is 0. The number of carbonyl (C=O) groups is 1. The van der Waals surface area contributed by atoms with Crippen LogP contribution in [0.1, 0.15) is 47.8 Å². The first-order valence-electron chi connectivity index (χ1n) is 7.39. The second-order valence-electron chi connectivity index (χ2n) is 5.35. The van der Waals surface area contributed by atoms with E-state index in [9.17, 15) is 4.79 Å². The van der Waals surface area contributed by atoms with E-state index in [1.54, 1.807) is 6.20 Å². The maximum Gasteiger partial charge on any atom is 0.356 e. The summed E-state index contributed by atoms with van der Waals surface area (Å²) in [6, 6.07) is 0.242. The lowest BCUT2D eigenvalue weighted by Gasteiger charge is -2.16. The van der Waals surface area contributed by atoms with Gasteiger partial charge in [-0.3, -0.25) is 0 Å². The normalized spacial score (nSPS) is 14.7. The highest BCUT2D eigenvalue weighted by Crippen LogP contribution is 2.36. The molecule has 23 heavy (non-hydrogen) atoms. The summed E-state index contributed by atoms with van der Waals surface area (Å²) >= 11 is 5.47. The molecule has 1 aliphatic rings. The average Bonchev–Trinajstić information content (AvgIpc) is 3.20. The predicted octanol–water partition coefficient (Wildman–Crippen LogP) is 3.29. The van der Waals surface area contributed by atoms with Gasteiger partial charge in [0.15, 0.2) is 5.16 Å². The van der Waals surface area contributed by atoms with Crippen molar-refractivity contribution >= 4 is 41.4 Å². The molecule has 0 radical (unpaired) electrons. The first kappa shape index (κ1) is 16.2. The topological polar surface area (TPSA) is 57.0 Å². The Morgan fingerprint density at radius 2 is 2.22 bits per heavy atom. The largest absolute Gasteiger partial charge is 0.464 e. The van der Waals surface area contributed by atoms with Crippen LogP contribution in [0.25, 0.3) is 11.0 Å². The van der Waals surface area contributed by atoms with E-state index in [1.807, 2.05) is 10.8 Å². The number of ether oxygens (including phenoxy) is 1. The summed E-state index contributed by atoms with van der Waals surface area (Å²) in [4.78, 5) is 21.4. The van der Waals surface area contributed by atoms with Crippen molar-refractivity contribution in [3.05, 3.63) is 17.5 Å². The Hall–Kier alpha value is -1.65. The van der Waals surface area contributed by atoms with Crippen molar-refractivity contribution in [3.63, 3.8) is 0 Å². The van der Waals surface area contributed by atoms with Gasteiger partial charge in [-0.2, -0.15) is 0 Å². The summed E-state index contributed by atoms with van der Waals surface area (Å²) in [7, 11) is 1.38. The fourth-order valence-electron chi connectivity index (χ4n) is 3.17. The van der Waals surface area contributed by atoms with Crippen LogP contribution in [-0.4, -0.2) is 33.9 Å². The maximum absolute atomic E-state index is 12.4. The highest BCUT2D eigenvalue weighted by atomic mass is 32.2. The highest BCUT2D eigenvalue weighted by Gasteiger charge is 2.30. The van der Waals surface area contributed by atoms with Gasteiger partial charge in [0.25, 0.3) is 0 Å². The van der Waals surface area contributed by atoms with E-state index in [1.165, 1.54) is 18.9 Å². The summed E-state index contributed by atoms with van der Waals surface area (Å²) < 4.78 is 7.01. The number of thiol groups is 1. The fourth-order valence-corrected chi connectivity index (χ4v) is 3.61. The van der Waals surface area contributed by atoms with E-state index in [4.69, 9.17) is 4.74 Å². The van der Waals surface area contributed by atoms with Gasteiger partial charge in [0, 0.05) is 12.2 Å². The van der Waals surface area contributed by atoms with Crippen LogP contribution in [-0.2, 0) is 4.74 Å². The zero-order valence-corrected chi connectivity index (χ0v) is 14.7. The van der Waals surface area contributed by atoms with Crippen LogP contribution in [0.2, 0.25) is 0 Å². The minimum absolute atomic E-state index is 0.242. The Labute approximate surface area is 144 Å². The molecule has 0 N–H and O–H groups in total. The van der Waals surface area contributed by atoms with Crippen molar-refractivity contribution in [2.75, 3.05) is 13.4 Å². The molecule has 0 unspecified atom stereocenters. The second-order valence-corrected chi connectivity index (χ2v) is 6.35. The van der Waals surface area contributed by atoms with Crippen molar-refractivity contribution in [3.8, 4) is 11.2 Å². The number of hydrogen-bond acceptors (Lipinski definition) is 6. The first-order chi connectivity index (χ1) is 11.2. The standard InChI is InChI=1S/C16H17N3O2S2/c1-21-15(20)13-11(7-8-22)12-9-17-16(23-2)18-14(12)19(13)10-5-3-4-6-10/h9-10,22H,3-6H2,1-2H3. The van der Waals surface area contributed by atoms with Gasteiger partial charge in [0.2, 0.25) is 0 Å². The van der Waals surface area contributed by atoms with Crippen molar-refractivity contribution in [1.82, 2.24) is 14.5 Å². The number of esters is 1. The van der Waals surface area contributed by atoms with Crippen LogP contribution in [0.4, 0.5) is 0 Å². The number of fused-ring (bicyclic) bond motifs is 1. The summed E-state index contributed by atoms with van der Waals surface area (Å²) in [5, 5.41) is 4.04. The predicted molar refractivity (Wildman–Crippen MR) is 94.0 cm³/mol. The molecule has 3 rings (SSSR count). The summed E-state index contributed by atoms with van der Waals surface area (Å²) in [5.41, 5.74) is 1.81. The molecular weight excluding hydrogens is 330 g/mol. The number of nitrogens with zero attached hydrogens (tertiary/aromatic N) is 3. The Kier molecular flexibility index (Phi) is 4.83. The number of thioether (sulfide) groups is 1. The SMILES string of the molecule is COC(=O)c1c(C#CS)c2cnc(SC)nc2n1C1CCCC1. The van der Waals surface area contributed by atoms with E-state index in [0.717, 1.165) is 36.7 Å². The smallest absolute Gasteiger partial charge is 0.356 e. The lowest BCUT2D eigenvalue weighted by molar-refractivity contribution is 0.0586. The maximum atomic E-state index is 12.4. The summed E-state index contributed by atoms with van der Waals surface area (Å²) in [5.74, 6) is 2.52. The second kappa shape index (κ2) is 6.85. The van der Waals surface area contributed by atoms with Gasteiger partial charge in [-0.1, -0.05) is 43.2 Å². The Morgan fingerprint density at radius 3 is 2.83 bits per heavy atom. The van der Waals surface area contributed by atoms with Gasteiger partial charge in [-0.25, -0.2) is 14.8 Å². The van der Waals surface area contributed by atoms with Crippen molar-refractivity contribution in [2.24, 2.45) is 0 Å². The molecule has 2 aromatic heterocycles. The van der Waals surface area contributed by atoms with Crippen molar-refractivity contribution in [2.45, 2.75) is 36.9 Å². The molecule has 0 saturated heterocycles. The quantitative estimate of drug-likeness (QED) is 0.304. The molecule has 2 heterocycles. The van der Waals surface area contributed by atoms with Crippen LogP contribution in [0, 0.1) is 11.2 Å². The number of carbonyl (C=O) groups excluding carboxylic acids is 1. The van der Waals surface area contributed by atoms with Gasteiger partial charge in [-0.05, 0) is 24.3 Å². The molecule has 1 aliphatic carbocycles. The zero-order chi connectivity index (χ0) is 16.4. The van der Waals surface area contributed by atoms with Crippen molar-refractivity contribution < 1.29 is 9.53 Å². The molecule has 7 heteroatoms. The van der Waals surface area contributed by atoms with Crippen LogP contribution in [0.5, 0.6) is 0 Å². The van der Waals surface area contributed by atoms with Gasteiger partial charge in [0.05, 0.1) is 18.1 Å². The lowest BCUT2D eigenvalue weighted by Crippen LogP contribution is -2.16. The number of aromatic nitrogens is 3. The van der Waals surface area contributed by atoms with Gasteiger partial charge >= 0.3 is 5.97 Å². The van der Waals surface area contributed by atoms with Gasteiger partial charge < -0.3 is 9.30 Å². The zero-order valence-electron chi connectivity index (χ0n) is 13.0. The van der Waals surface area contributed by atoms with Gasteiger partial charge in [0.1, 0.15) is 11.3 Å². The average molecular weight is 347 g/mol. The number of methoxy groups -OCH3 is 1. The van der Waals surface area contributed by atoms with Crippen LogP contribution in [0.3, 0.4) is 0 Å². The molecule has 5 nitrogen and oxygen atoms in total. The molecule has 2 aromatic rings. The minimum Gasteiger partial charge on any atom is -0.464 e. The van der Waals surface area contributed by atoms with Crippen LogP contribution >= 0.6 is 24.4 Å². The third-order valence-electron chi connectivity index (χ3n) is 4.15. The monoisotopic (exact) mass is 347 g/mol. The minimum atomic E-state index is -0.397. The molecule has 0 amide bonds. The van der Waals surface area contributed by atoms with Crippen LogP contribution < -0.4 is 0 Å². The molecule has 120 valence electrons. The molecule has 1 fully saturated rings. The third kappa shape index (κ3) is 2.81. The van der Waals surface area contributed by atoms with E-state index in [0.29, 0.717) is 16.4 Å². The van der Waals surface area contributed by atoms with E-state index in [2.05, 4.69) is 33.8 Å². The van der Waals surface area contributed by atoms with Crippen molar-refractivity contribution in [1.29, 1.82) is 0 Å². The molecule has 0 spiro atoms. The van der Waals surface area contributed by atoms with E-state index in [-0.39, 0.29) is 6.04 Å². The van der Waals surface area contributed by atoms with Crippen LogP contribution in [0.15, 0.2) is 11.4 Å². The Balaban J connectivity index is 2.37. The lowest BCUT2D eigenvalue weighted by atomic mass is 10.2.